The highest BCUT2D eigenvalue weighted by molar-refractivity contribution is 6.01. The molecule has 2 amide bonds. The maximum atomic E-state index is 13.0. The number of carbonyl (C=O) groups excluding carboxylic acids is 2. The van der Waals surface area contributed by atoms with E-state index >= 15 is 0 Å². The van der Waals surface area contributed by atoms with Crippen molar-refractivity contribution in [3.05, 3.63) is 102 Å². The number of primary amides is 1. The fourth-order valence-electron chi connectivity index (χ4n) is 2.89. The minimum atomic E-state index is -0.539. The van der Waals surface area contributed by atoms with Crippen molar-refractivity contribution < 1.29 is 9.59 Å². The topological polar surface area (TPSA) is 75.4 Å². The Kier molecular flexibility index (Phi) is 8.45. The molecule has 0 saturated carbocycles. The first-order chi connectivity index (χ1) is 14.0. The van der Waals surface area contributed by atoms with Gasteiger partial charge in [0.2, 0.25) is 5.91 Å². The monoisotopic (exact) mass is 389 g/mol. The molecule has 5 nitrogen and oxygen atoms in total. The molecule has 0 bridgehead atoms. The van der Waals surface area contributed by atoms with Crippen LogP contribution in [0.1, 0.15) is 28.9 Å². The van der Waals surface area contributed by atoms with Gasteiger partial charge in [-0.2, -0.15) is 0 Å². The summed E-state index contributed by atoms with van der Waals surface area (Å²) >= 11 is 0. The Morgan fingerprint density at radius 3 is 1.86 bits per heavy atom. The van der Waals surface area contributed by atoms with Crippen LogP contribution < -0.4 is 11.1 Å². The van der Waals surface area contributed by atoms with Crippen LogP contribution in [-0.2, 0) is 4.79 Å². The van der Waals surface area contributed by atoms with Gasteiger partial charge >= 0.3 is 0 Å². The van der Waals surface area contributed by atoms with Gasteiger partial charge in [-0.05, 0) is 24.6 Å². The number of nitrogens with two attached hydrogens (primary N) is 1. The molecule has 0 aliphatic carbocycles. The Labute approximate surface area is 172 Å². The zero-order chi connectivity index (χ0) is 21.1. The van der Waals surface area contributed by atoms with Gasteiger partial charge in [-0.1, -0.05) is 78.9 Å². The van der Waals surface area contributed by atoms with Crippen LogP contribution in [0.3, 0.4) is 0 Å². The summed E-state index contributed by atoms with van der Waals surface area (Å²) in [7, 11) is 1.76. The molecule has 0 heterocycles. The third-order valence-electron chi connectivity index (χ3n) is 4.43. The molecule has 0 aromatic heterocycles. The highest BCUT2D eigenvalue weighted by atomic mass is 16.2. The Hall–Kier alpha value is -3.60. The lowest BCUT2D eigenvalue weighted by molar-refractivity contribution is -0.119. The summed E-state index contributed by atoms with van der Waals surface area (Å²) in [5.41, 5.74) is 7.52. The third-order valence-corrected chi connectivity index (χ3v) is 4.43. The van der Waals surface area contributed by atoms with Crippen LogP contribution in [0, 0.1) is 0 Å². The molecular formula is C24H27N3O2. The van der Waals surface area contributed by atoms with Gasteiger partial charge in [0.25, 0.3) is 5.91 Å². The molecule has 0 saturated heterocycles. The summed E-state index contributed by atoms with van der Waals surface area (Å²) in [5.74, 6) is -0.770. The molecule has 1 atom stereocenters. The zero-order valence-electron chi connectivity index (χ0n) is 16.8. The molecule has 0 aliphatic heterocycles. The van der Waals surface area contributed by atoms with Crippen molar-refractivity contribution in [1.82, 2.24) is 4.90 Å². The van der Waals surface area contributed by atoms with Gasteiger partial charge in [0.1, 0.15) is 6.54 Å². The van der Waals surface area contributed by atoms with Gasteiger partial charge in [0.15, 0.2) is 0 Å². The van der Waals surface area contributed by atoms with E-state index in [0.29, 0.717) is 11.3 Å². The van der Waals surface area contributed by atoms with Crippen molar-refractivity contribution in [2.24, 2.45) is 5.73 Å². The van der Waals surface area contributed by atoms with Crippen LogP contribution in [0.4, 0.5) is 5.69 Å². The Balaban J connectivity index is 0.000000426. The molecule has 29 heavy (non-hydrogen) atoms. The van der Waals surface area contributed by atoms with E-state index < -0.39 is 5.91 Å². The van der Waals surface area contributed by atoms with Crippen LogP contribution in [0.2, 0.25) is 0 Å². The molecule has 0 radical (unpaired) electrons. The number of benzene rings is 3. The van der Waals surface area contributed by atoms with E-state index in [-0.39, 0.29) is 18.5 Å². The lowest BCUT2D eigenvalue weighted by atomic mass is 10.0. The molecule has 3 aromatic rings. The minimum Gasteiger partial charge on any atom is -0.387 e. The Bertz CT molecular complexity index is 872. The van der Waals surface area contributed by atoms with Gasteiger partial charge in [-0.25, -0.2) is 0 Å². The van der Waals surface area contributed by atoms with Crippen molar-refractivity contribution in [1.29, 1.82) is 0 Å². The molecule has 0 unspecified atom stereocenters. The number of amides is 2. The van der Waals surface area contributed by atoms with Crippen LogP contribution in [0.15, 0.2) is 91.0 Å². The largest absolute Gasteiger partial charge is 0.387 e. The van der Waals surface area contributed by atoms with Gasteiger partial charge in [0, 0.05) is 12.7 Å². The minimum absolute atomic E-state index is 0.132. The molecule has 0 spiro atoms. The van der Waals surface area contributed by atoms with Crippen LogP contribution in [-0.4, -0.2) is 30.3 Å². The highest BCUT2D eigenvalue weighted by Crippen LogP contribution is 2.24. The van der Waals surface area contributed by atoms with E-state index in [0.717, 1.165) is 5.56 Å². The van der Waals surface area contributed by atoms with Crippen LogP contribution in [0.5, 0.6) is 0 Å². The lowest BCUT2D eigenvalue weighted by Crippen LogP contribution is -2.40. The molecule has 5 heteroatoms. The average molecular weight is 389 g/mol. The SMILES string of the molecule is CNc1ccccc1C(=O)N(CC(N)=O)[C@H](C)c1ccccc1.c1ccccc1. The summed E-state index contributed by atoms with van der Waals surface area (Å²) in [6, 6.07) is 28.5. The first kappa shape index (κ1) is 21.7. The van der Waals surface area contributed by atoms with Gasteiger partial charge in [-0.3, -0.25) is 9.59 Å². The van der Waals surface area contributed by atoms with Gasteiger partial charge < -0.3 is 16.0 Å². The second-order valence-electron chi connectivity index (χ2n) is 6.44. The van der Waals surface area contributed by atoms with Crippen molar-refractivity contribution in [3.8, 4) is 0 Å². The van der Waals surface area contributed by atoms with Crippen molar-refractivity contribution in [2.45, 2.75) is 13.0 Å². The van der Waals surface area contributed by atoms with E-state index in [1.165, 1.54) is 4.90 Å². The lowest BCUT2D eigenvalue weighted by Gasteiger charge is -2.29. The second kappa shape index (κ2) is 11.3. The van der Waals surface area contributed by atoms with E-state index in [1.807, 2.05) is 85.8 Å². The fraction of sp³-hybridized carbons (Fsp3) is 0.167. The molecule has 3 aromatic carbocycles. The summed E-state index contributed by atoms with van der Waals surface area (Å²) in [5, 5.41) is 3.00. The number of rotatable bonds is 6. The van der Waals surface area contributed by atoms with Crippen molar-refractivity contribution in [3.63, 3.8) is 0 Å². The predicted molar refractivity (Wildman–Crippen MR) is 118 cm³/mol. The third kappa shape index (κ3) is 6.50. The maximum absolute atomic E-state index is 13.0. The summed E-state index contributed by atoms with van der Waals surface area (Å²) in [6.07, 6.45) is 0. The zero-order valence-corrected chi connectivity index (χ0v) is 16.8. The molecular weight excluding hydrogens is 362 g/mol. The van der Waals surface area contributed by atoms with E-state index in [1.54, 1.807) is 19.2 Å². The first-order valence-electron chi connectivity index (χ1n) is 9.45. The van der Waals surface area contributed by atoms with E-state index in [9.17, 15) is 9.59 Å². The van der Waals surface area contributed by atoms with Gasteiger partial charge in [0.05, 0.1) is 11.6 Å². The summed E-state index contributed by atoms with van der Waals surface area (Å²) in [4.78, 5) is 25.9. The quantitative estimate of drug-likeness (QED) is 0.666. The number of carbonyl (C=O) groups is 2. The summed E-state index contributed by atoms with van der Waals surface area (Å²) < 4.78 is 0. The van der Waals surface area contributed by atoms with Crippen molar-refractivity contribution in [2.75, 3.05) is 18.9 Å². The van der Waals surface area contributed by atoms with Crippen LogP contribution >= 0.6 is 0 Å². The standard InChI is InChI=1S/C18H21N3O2.C6H6/c1-13(14-8-4-3-5-9-14)21(12-17(19)22)18(23)15-10-6-7-11-16(15)20-2;1-2-4-6-5-3-1/h3-11,13,20H,12H2,1-2H3,(H2,19,22);1-6H/t13-;/m1./s1. The number of hydrogen-bond acceptors (Lipinski definition) is 3. The molecule has 0 aliphatic rings. The first-order valence-corrected chi connectivity index (χ1v) is 9.45. The number of para-hydroxylation sites is 1. The van der Waals surface area contributed by atoms with Crippen LogP contribution in [0.25, 0.3) is 0 Å². The number of hydrogen-bond donors (Lipinski definition) is 2. The predicted octanol–water partition coefficient (Wildman–Crippen LogP) is 4.10. The molecule has 150 valence electrons. The molecule has 0 fully saturated rings. The fourth-order valence-corrected chi connectivity index (χ4v) is 2.89. The smallest absolute Gasteiger partial charge is 0.256 e. The number of anilines is 1. The Morgan fingerprint density at radius 1 is 0.862 bits per heavy atom. The average Bonchev–Trinajstić information content (AvgIpc) is 2.78. The Morgan fingerprint density at radius 2 is 1.34 bits per heavy atom. The van der Waals surface area contributed by atoms with Crippen molar-refractivity contribution >= 4 is 17.5 Å². The van der Waals surface area contributed by atoms with E-state index in [2.05, 4.69) is 5.32 Å². The maximum Gasteiger partial charge on any atom is 0.256 e. The molecule has 3 N–H and O–H groups in total. The summed E-state index contributed by atoms with van der Waals surface area (Å²) in [6.45, 7) is 1.76. The number of nitrogens with zero attached hydrogens (tertiary/aromatic N) is 1. The normalized spacial score (nSPS) is 10.8. The highest BCUT2D eigenvalue weighted by Gasteiger charge is 2.25. The second-order valence-corrected chi connectivity index (χ2v) is 6.44. The molecule has 3 rings (SSSR count). The number of nitrogens with one attached hydrogen (secondary N) is 1. The van der Waals surface area contributed by atoms with Gasteiger partial charge in [-0.15, -0.1) is 0 Å². The van der Waals surface area contributed by atoms with E-state index in [4.69, 9.17) is 5.73 Å².